The Hall–Kier alpha value is -2.86. The molecule has 156 valence electrons. The summed E-state index contributed by atoms with van der Waals surface area (Å²) < 4.78 is 14.1. The van der Waals surface area contributed by atoms with Crippen molar-refractivity contribution in [2.75, 3.05) is 29.9 Å². The minimum absolute atomic E-state index is 0.269. The van der Waals surface area contributed by atoms with Gasteiger partial charge in [0.25, 0.3) is 5.91 Å². The average molecular weight is 407 g/mol. The number of piperidine rings is 1. The molecule has 5 rings (SSSR count). The molecule has 0 atom stereocenters. The number of nitrogens with one attached hydrogen (secondary N) is 3. The second kappa shape index (κ2) is 7.43. The second-order valence-corrected chi connectivity index (χ2v) is 8.64. The first-order chi connectivity index (χ1) is 14.5. The lowest BCUT2D eigenvalue weighted by Gasteiger charge is -2.40. The monoisotopic (exact) mass is 406 g/mol. The molecule has 1 aromatic heterocycles. The van der Waals surface area contributed by atoms with Crippen molar-refractivity contribution in [3.05, 3.63) is 59.5 Å². The molecule has 1 amide bonds. The SMILES string of the molecule is Cc1ccc(F)c2cc(C(=O)Nc3cccc(N4CCC5(CCCN5)CC4)c3)[nH]c12. The lowest BCUT2D eigenvalue weighted by molar-refractivity contribution is 0.102. The minimum atomic E-state index is -0.326. The van der Waals surface area contributed by atoms with E-state index in [9.17, 15) is 9.18 Å². The summed E-state index contributed by atoms with van der Waals surface area (Å²) in [4.78, 5) is 18.2. The largest absolute Gasteiger partial charge is 0.371 e. The molecule has 0 unspecified atom stereocenters. The highest BCUT2D eigenvalue weighted by Gasteiger charge is 2.36. The molecule has 1 spiro atoms. The molecule has 2 aromatic carbocycles. The second-order valence-electron chi connectivity index (χ2n) is 8.64. The maximum atomic E-state index is 14.1. The van der Waals surface area contributed by atoms with Crippen LogP contribution in [0.5, 0.6) is 0 Å². The number of hydrogen-bond donors (Lipinski definition) is 3. The highest BCUT2D eigenvalue weighted by Crippen LogP contribution is 2.33. The molecule has 0 bridgehead atoms. The van der Waals surface area contributed by atoms with Crippen LogP contribution in [0.4, 0.5) is 15.8 Å². The van der Waals surface area contributed by atoms with Crippen molar-refractivity contribution >= 4 is 28.2 Å². The van der Waals surface area contributed by atoms with Crippen molar-refractivity contribution in [1.29, 1.82) is 0 Å². The van der Waals surface area contributed by atoms with E-state index in [0.717, 1.165) is 49.4 Å². The molecule has 2 fully saturated rings. The van der Waals surface area contributed by atoms with Crippen molar-refractivity contribution in [1.82, 2.24) is 10.3 Å². The molecule has 3 N–H and O–H groups in total. The molecule has 5 nitrogen and oxygen atoms in total. The normalized spacial score (nSPS) is 18.3. The highest BCUT2D eigenvalue weighted by atomic mass is 19.1. The third kappa shape index (κ3) is 3.45. The number of rotatable bonds is 3. The summed E-state index contributed by atoms with van der Waals surface area (Å²) in [5.74, 6) is -0.595. The van der Waals surface area contributed by atoms with E-state index in [2.05, 4.69) is 26.6 Å². The first kappa shape index (κ1) is 19.1. The number of fused-ring (bicyclic) bond motifs is 1. The maximum Gasteiger partial charge on any atom is 0.272 e. The summed E-state index contributed by atoms with van der Waals surface area (Å²) >= 11 is 0. The van der Waals surface area contributed by atoms with E-state index in [4.69, 9.17) is 0 Å². The van der Waals surface area contributed by atoms with Crippen LogP contribution in [0.3, 0.4) is 0 Å². The molecule has 30 heavy (non-hydrogen) atoms. The fourth-order valence-electron chi connectivity index (χ4n) is 4.91. The van der Waals surface area contributed by atoms with Gasteiger partial charge in [-0.3, -0.25) is 4.79 Å². The molecule has 2 saturated heterocycles. The van der Waals surface area contributed by atoms with Crippen LogP contribution in [-0.2, 0) is 0 Å². The van der Waals surface area contributed by atoms with Crippen LogP contribution in [0, 0.1) is 12.7 Å². The van der Waals surface area contributed by atoms with Crippen molar-refractivity contribution < 1.29 is 9.18 Å². The quantitative estimate of drug-likeness (QED) is 0.596. The lowest BCUT2D eigenvalue weighted by atomic mass is 9.86. The number of aromatic amines is 1. The molecular weight excluding hydrogens is 379 g/mol. The van der Waals surface area contributed by atoms with Gasteiger partial charge in [-0.25, -0.2) is 4.39 Å². The number of benzene rings is 2. The highest BCUT2D eigenvalue weighted by molar-refractivity contribution is 6.06. The number of amides is 1. The maximum absolute atomic E-state index is 14.1. The number of H-pyrrole nitrogens is 1. The van der Waals surface area contributed by atoms with Crippen molar-refractivity contribution in [2.45, 2.75) is 38.1 Å². The van der Waals surface area contributed by atoms with Crippen LogP contribution in [-0.4, -0.2) is 36.1 Å². The summed E-state index contributed by atoms with van der Waals surface area (Å²) in [6.07, 6.45) is 4.87. The van der Waals surface area contributed by atoms with Crippen molar-refractivity contribution in [3.8, 4) is 0 Å². The third-order valence-electron chi connectivity index (χ3n) is 6.72. The number of nitrogens with zero attached hydrogens (tertiary/aromatic N) is 1. The number of carbonyl (C=O) groups excluding carboxylic acids is 1. The first-order valence-corrected chi connectivity index (χ1v) is 10.7. The summed E-state index contributed by atoms with van der Waals surface area (Å²) in [5.41, 5.74) is 4.14. The number of aryl methyl sites for hydroxylation is 1. The van der Waals surface area contributed by atoms with Crippen LogP contribution < -0.4 is 15.5 Å². The van der Waals surface area contributed by atoms with Crippen molar-refractivity contribution in [2.24, 2.45) is 0 Å². The Balaban J connectivity index is 1.31. The Labute approximate surface area is 175 Å². The zero-order valence-corrected chi connectivity index (χ0v) is 17.2. The number of anilines is 2. The standard InChI is InChI=1S/C24H27FN4O/c1-16-6-7-20(25)19-15-21(28-22(16)19)23(30)27-17-4-2-5-18(14-17)29-12-9-24(10-13-29)8-3-11-26-24/h2,4-7,14-15,26,28H,3,8-13H2,1H3,(H,27,30). The Morgan fingerprint density at radius 3 is 2.70 bits per heavy atom. The third-order valence-corrected chi connectivity index (χ3v) is 6.72. The van der Waals surface area contributed by atoms with Gasteiger partial charge in [0.15, 0.2) is 0 Å². The number of carbonyl (C=O) groups is 1. The zero-order chi connectivity index (χ0) is 20.7. The molecular formula is C24H27FN4O. The Morgan fingerprint density at radius 1 is 1.13 bits per heavy atom. The average Bonchev–Trinajstić information content (AvgIpc) is 3.40. The molecule has 0 saturated carbocycles. The summed E-state index contributed by atoms with van der Waals surface area (Å²) in [7, 11) is 0. The fraction of sp³-hybridized carbons (Fsp3) is 0.375. The molecule has 3 aromatic rings. The van der Waals surface area contributed by atoms with Crippen LogP contribution in [0.2, 0.25) is 0 Å². The van der Waals surface area contributed by atoms with Gasteiger partial charge in [-0.05, 0) is 75.0 Å². The van der Waals surface area contributed by atoms with E-state index in [1.807, 2.05) is 25.1 Å². The van der Waals surface area contributed by atoms with E-state index >= 15 is 0 Å². The minimum Gasteiger partial charge on any atom is -0.371 e. The summed E-state index contributed by atoms with van der Waals surface area (Å²) in [6.45, 7) is 5.07. The van der Waals surface area contributed by atoms with Gasteiger partial charge < -0.3 is 20.5 Å². The van der Waals surface area contributed by atoms with Crippen LogP contribution in [0.15, 0.2) is 42.5 Å². The van der Waals surface area contributed by atoms with Gasteiger partial charge in [-0.15, -0.1) is 0 Å². The van der Waals surface area contributed by atoms with Crippen molar-refractivity contribution in [3.63, 3.8) is 0 Å². The van der Waals surface area contributed by atoms with Gasteiger partial charge in [-0.2, -0.15) is 0 Å². The van der Waals surface area contributed by atoms with Gasteiger partial charge >= 0.3 is 0 Å². The van der Waals surface area contributed by atoms with Gasteiger partial charge in [0, 0.05) is 35.4 Å². The predicted molar refractivity (Wildman–Crippen MR) is 119 cm³/mol. The Morgan fingerprint density at radius 2 is 1.97 bits per heavy atom. The number of hydrogen-bond acceptors (Lipinski definition) is 3. The topological polar surface area (TPSA) is 60.2 Å². The van der Waals surface area contributed by atoms with E-state index in [0.29, 0.717) is 22.1 Å². The number of aromatic nitrogens is 1. The first-order valence-electron chi connectivity index (χ1n) is 10.7. The molecule has 2 aliphatic rings. The van der Waals surface area contributed by atoms with Gasteiger partial charge in [0.1, 0.15) is 11.5 Å². The summed E-state index contributed by atoms with van der Waals surface area (Å²) in [5, 5.41) is 7.10. The van der Waals surface area contributed by atoms with E-state index in [1.165, 1.54) is 18.9 Å². The molecule has 3 heterocycles. The Bertz CT molecular complexity index is 1050. The predicted octanol–water partition coefficient (Wildman–Crippen LogP) is 4.59. The molecule has 2 aliphatic heterocycles. The van der Waals surface area contributed by atoms with E-state index < -0.39 is 0 Å². The molecule has 6 heteroatoms. The lowest BCUT2D eigenvalue weighted by Crippen LogP contribution is -2.50. The summed E-state index contributed by atoms with van der Waals surface area (Å²) in [6, 6.07) is 12.7. The fourth-order valence-corrected chi connectivity index (χ4v) is 4.91. The smallest absolute Gasteiger partial charge is 0.272 e. The van der Waals surface area contributed by atoms with Gasteiger partial charge in [0.2, 0.25) is 0 Å². The zero-order valence-electron chi connectivity index (χ0n) is 17.2. The number of halogens is 1. The van der Waals surface area contributed by atoms with E-state index in [-0.39, 0.29) is 11.7 Å². The molecule has 0 radical (unpaired) electrons. The molecule has 0 aliphatic carbocycles. The van der Waals surface area contributed by atoms with Crippen LogP contribution >= 0.6 is 0 Å². The van der Waals surface area contributed by atoms with Gasteiger partial charge in [0.05, 0.1) is 5.52 Å². The van der Waals surface area contributed by atoms with E-state index in [1.54, 1.807) is 12.1 Å². The van der Waals surface area contributed by atoms with Crippen LogP contribution in [0.25, 0.3) is 10.9 Å². The van der Waals surface area contributed by atoms with Gasteiger partial charge in [-0.1, -0.05) is 12.1 Å². The van der Waals surface area contributed by atoms with Crippen LogP contribution in [0.1, 0.15) is 41.7 Å². The Kier molecular flexibility index (Phi) is 4.74.